The van der Waals surface area contributed by atoms with Crippen LogP contribution in [0.4, 0.5) is 0 Å². The molecule has 1 aliphatic rings. The van der Waals surface area contributed by atoms with Crippen molar-refractivity contribution in [2.45, 2.75) is 26.3 Å². The van der Waals surface area contributed by atoms with Crippen LogP contribution in [0.3, 0.4) is 0 Å². The van der Waals surface area contributed by atoms with Crippen LogP contribution in [0.2, 0.25) is 0 Å². The number of carbonyl (C=O) groups excluding carboxylic acids is 1. The molecular formula is C12H20N4O. The molecule has 17 heavy (non-hydrogen) atoms. The lowest BCUT2D eigenvalue weighted by molar-refractivity contribution is -0.125. The second-order valence-electron chi connectivity index (χ2n) is 4.62. The van der Waals surface area contributed by atoms with Gasteiger partial charge in [-0.2, -0.15) is 5.10 Å². The number of hydrogen-bond donors (Lipinski definition) is 2. The Morgan fingerprint density at radius 1 is 1.71 bits per heavy atom. The second kappa shape index (κ2) is 5.82. The van der Waals surface area contributed by atoms with Crippen molar-refractivity contribution in [3.05, 3.63) is 18.0 Å². The van der Waals surface area contributed by atoms with Crippen LogP contribution in [0.1, 0.15) is 18.4 Å². The van der Waals surface area contributed by atoms with Gasteiger partial charge in [0.25, 0.3) is 0 Å². The molecule has 2 heterocycles. The Bertz CT molecular complexity index is 368. The van der Waals surface area contributed by atoms with E-state index in [1.807, 2.05) is 24.0 Å². The van der Waals surface area contributed by atoms with Gasteiger partial charge in [0.2, 0.25) is 5.91 Å². The van der Waals surface area contributed by atoms with Crippen molar-refractivity contribution in [3.63, 3.8) is 0 Å². The molecule has 0 unspecified atom stereocenters. The van der Waals surface area contributed by atoms with E-state index in [2.05, 4.69) is 15.7 Å². The number of carbonyl (C=O) groups is 1. The summed E-state index contributed by atoms with van der Waals surface area (Å²) in [6.07, 6.45) is 5.90. The standard InChI is InChI=1S/C12H20N4O/c1-10-7-15-16(9-10)6-5-14-12(17)11-3-2-4-13-8-11/h7,9,11,13H,2-6,8H2,1H3,(H,14,17)/t11-/m0/s1. The molecular weight excluding hydrogens is 216 g/mol. The maximum Gasteiger partial charge on any atom is 0.224 e. The van der Waals surface area contributed by atoms with Gasteiger partial charge in [0, 0.05) is 19.3 Å². The summed E-state index contributed by atoms with van der Waals surface area (Å²) in [6.45, 7) is 5.25. The lowest BCUT2D eigenvalue weighted by atomic mass is 9.99. The number of nitrogens with zero attached hydrogens (tertiary/aromatic N) is 2. The van der Waals surface area contributed by atoms with Crippen molar-refractivity contribution in [2.24, 2.45) is 5.92 Å². The summed E-state index contributed by atoms with van der Waals surface area (Å²) in [5, 5.41) is 10.4. The molecule has 1 amide bonds. The maximum absolute atomic E-state index is 11.8. The normalized spacial score (nSPS) is 20.2. The summed E-state index contributed by atoms with van der Waals surface area (Å²) < 4.78 is 1.86. The van der Waals surface area contributed by atoms with Crippen molar-refractivity contribution in [3.8, 4) is 0 Å². The van der Waals surface area contributed by atoms with Crippen LogP contribution in [-0.4, -0.2) is 35.3 Å². The zero-order valence-electron chi connectivity index (χ0n) is 10.3. The van der Waals surface area contributed by atoms with Gasteiger partial charge in [-0.3, -0.25) is 9.48 Å². The smallest absolute Gasteiger partial charge is 0.224 e. The number of aromatic nitrogens is 2. The molecule has 1 fully saturated rings. The predicted octanol–water partition coefficient (Wildman–Crippen LogP) is 0.307. The fourth-order valence-electron chi connectivity index (χ4n) is 2.10. The average Bonchev–Trinajstić information content (AvgIpc) is 2.76. The molecule has 0 aromatic carbocycles. The number of rotatable bonds is 4. The number of piperidine rings is 1. The Morgan fingerprint density at radius 2 is 2.59 bits per heavy atom. The van der Waals surface area contributed by atoms with E-state index in [0.717, 1.165) is 38.0 Å². The van der Waals surface area contributed by atoms with Crippen LogP contribution < -0.4 is 10.6 Å². The lowest BCUT2D eigenvalue weighted by Gasteiger charge is -2.21. The van der Waals surface area contributed by atoms with Crippen LogP contribution in [-0.2, 0) is 11.3 Å². The fraction of sp³-hybridized carbons (Fsp3) is 0.667. The summed E-state index contributed by atoms with van der Waals surface area (Å²) in [4.78, 5) is 11.8. The topological polar surface area (TPSA) is 59.0 Å². The highest BCUT2D eigenvalue weighted by atomic mass is 16.1. The molecule has 0 spiro atoms. The SMILES string of the molecule is Cc1cnn(CCNC(=O)[C@H]2CCCNC2)c1. The van der Waals surface area contributed by atoms with Gasteiger partial charge in [-0.15, -0.1) is 0 Å². The minimum absolute atomic E-state index is 0.142. The van der Waals surface area contributed by atoms with Crippen LogP contribution in [0.25, 0.3) is 0 Å². The van der Waals surface area contributed by atoms with Crippen molar-refractivity contribution in [1.29, 1.82) is 0 Å². The van der Waals surface area contributed by atoms with E-state index in [0.29, 0.717) is 6.54 Å². The first kappa shape index (κ1) is 12.1. The molecule has 1 aromatic heterocycles. The Balaban J connectivity index is 1.69. The molecule has 94 valence electrons. The Morgan fingerprint density at radius 3 is 3.24 bits per heavy atom. The molecule has 5 nitrogen and oxygen atoms in total. The second-order valence-corrected chi connectivity index (χ2v) is 4.62. The zero-order valence-corrected chi connectivity index (χ0v) is 10.3. The molecule has 1 aromatic rings. The number of nitrogens with one attached hydrogen (secondary N) is 2. The minimum Gasteiger partial charge on any atom is -0.354 e. The average molecular weight is 236 g/mol. The van der Waals surface area contributed by atoms with Gasteiger partial charge in [-0.05, 0) is 31.9 Å². The van der Waals surface area contributed by atoms with Gasteiger partial charge in [-0.1, -0.05) is 0 Å². The monoisotopic (exact) mass is 236 g/mol. The highest BCUT2D eigenvalue weighted by Crippen LogP contribution is 2.09. The van der Waals surface area contributed by atoms with E-state index in [4.69, 9.17) is 0 Å². The summed E-state index contributed by atoms with van der Waals surface area (Å²) in [6, 6.07) is 0. The zero-order chi connectivity index (χ0) is 12.1. The summed E-state index contributed by atoms with van der Waals surface area (Å²) >= 11 is 0. The van der Waals surface area contributed by atoms with Gasteiger partial charge < -0.3 is 10.6 Å². The molecule has 1 atom stereocenters. The van der Waals surface area contributed by atoms with E-state index in [1.54, 1.807) is 0 Å². The third-order valence-corrected chi connectivity index (χ3v) is 3.07. The lowest BCUT2D eigenvalue weighted by Crippen LogP contribution is -2.41. The van der Waals surface area contributed by atoms with Gasteiger partial charge in [-0.25, -0.2) is 0 Å². The van der Waals surface area contributed by atoms with Crippen molar-refractivity contribution in [1.82, 2.24) is 20.4 Å². The molecule has 0 bridgehead atoms. The Hall–Kier alpha value is -1.36. The predicted molar refractivity (Wildman–Crippen MR) is 65.6 cm³/mol. The highest BCUT2D eigenvalue weighted by Gasteiger charge is 2.19. The van der Waals surface area contributed by atoms with E-state index < -0.39 is 0 Å². The van der Waals surface area contributed by atoms with Gasteiger partial charge in [0.05, 0.1) is 18.7 Å². The maximum atomic E-state index is 11.8. The molecule has 0 aliphatic carbocycles. The summed E-state index contributed by atoms with van der Waals surface area (Å²) in [7, 11) is 0. The first-order chi connectivity index (χ1) is 8.25. The van der Waals surface area contributed by atoms with Crippen molar-refractivity contribution >= 4 is 5.91 Å². The van der Waals surface area contributed by atoms with Gasteiger partial charge >= 0.3 is 0 Å². The van der Waals surface area contributed by atoms with E-state index in [1.165, 1.54) is 0 Å². The van der Waals surface area contributed by atoms with E-state index in [-0.39, 0.29) is 11.8 Å². The molecule has 5 heteroatoms. The molecule has 0 saturated carbocycles. The highest BCUT2D eigenvalue weighted by molar-refractivity contribution is 5.78. The summed E-state index contributed by atoms with van der Waals surface area (Å²) in [5.41, 5.74) is 1.15. The van der Waals surface area contributed by atoms with Crippen molar-refractivity contribution < 1.29 is 4.79 Å². The van der Waals surface area contributed by atoms with Crippen LogP contribution in [0.5, 0.6) is 0 Å². The molecule has 0 radical (unpaired) electrons. The first-order valence-electron chi connectivity index (χ1n) is 6.23. The van der Waals surface area contributed by atoms with E-state index >= 15 is 0 Å². The third kappa shape index (κ3) is 3.56. The molecule has 2 N–H and O–H groups in total. The Kier molecular flexibility index (Phi) is 4.14. The minimum atomic E-state index is 0.142. The molecule has 1 saturated heterocycles. The van der Waals surface area contributed by atoms with Crippen LogP contribution in [0, 0.1) is 12.8 Å². The van der Waals surface area contributed by atoms with E-state index in [9.17, 15) is 4.79 Å². The first-order valence-corrected chi connectivity index (χ1v) is 6.23. The third-order valence-electron chi connectivity index (χ3n) is 3.07. The number of amides is 1. The molecule has 2 rings (SSSR count). The quantitative estimate of drug-likeness (QED) is 0.791. The van der Waals surface area contributed by atoms with Gasteiger partial charge in [0.15, 0.2) is 0 Å². The van der Waals surface area contributed by atoms with Crippen LogP contribution in [0.15, 0.2) is 12.4 Å². The molecule has 1 aliphatic heterocycles. The Labute approximate surface area is 102 Å². The van der Waals surface area contributed by atoms with Crippen molar-refractivity contribution in [2.75, 3.05) is 19.6 Å². The number of hydrogen-bond acceptors (Lipinski definition) is 3. The van der Waals surface area contributed by atoms with Gasteiger partial charge in [0.1, 0.15) is 0 Å². The fourth-order valence-corrected chi connectivity index (χ4v) is 2.10. The summed E-state index contributed by atoms with van der Waals surface area (Å²) in [5.74, 6) is 0.309. The number of aryl methyl sites for hydroxylation is 1. The van der Waals surface area contributed by atoms with Crippen LogP contribution >= 0.6 is 0 Å². The largest absolute Gasteiger partial charge is 0.354 e.